The maximum absolute atomic E-state index is 5.17. The number of rotatable bonds is 3. The number of hydrogen-bond donors (Lipinski definition) is 0. The number of fused-ring (bicyclic) bond motifs is 10. The molecule has 10 aromatic rings. The summed E-state index contributed by atoms with van der Waals surface area (Å²) < 4.78 is 2.33. The predicted molar refractivity (Wildman–Crippen MR) is 197 cm³/mol. The van der Waals surface area contributed by atoms with Crippen LogP contribution in [0.5, 0.6) is 0 Å². The van der Waals surface area contributed by atoms with Crippen molar-refractivity contribution in [2.24, 2.45) is 0 Å². The van der Waals surface area contributed by atoms with Crippen molar-refractivity contribution >= 4 is 49.4 Å². The molecule has 0 radical (unpaired) electrons. The SMILES string of the molecule is c1ccc(C2(c3ccccc3)c3ccccc3-c3cc(-c4ccc5c6nc7ccccc7nc6n6c7ccccc7c4c56)ccc32)cc1. The summed E-state index contributed by atoms with van der Waals surface area (Å²) in [5.41, 5.74) is 15.8. The lowest BCUT2D eigenvalue weighted by molar-refractivity contribution is 0.768. The smallest absolute Gasteiger partial charge is 0.165 e. The van der Waals surface area contributed by atoms with Gasteiger partial charge in [-0.2, -0.15) is 0 Å². The van der Waals surface area contributed by atoms with Crippen molar-refractivity contribution in [2.75, 3.05) is 0 Å². The summed E-state index contributed by atoms with van der Waals surface area (Å²) in [5.74, 6) is 0. The van der Waals surface area contributed by atoms with E-state index in [1.165, 1.54) is 60.8 Å². The molecular formula is C45H27N3. The Morgan fingerprint density at radius 1 is 0.458 bits per heavy atom. The third kappa shape index (κ3) is 3.18. The first-order chi connectivity index (χ1) is 23.8. The Bertz CT molecular complexity index is 2850. The van der Waals surface area contributed by atoms with Crippen LogP contribution < -0.4 is 0 Å². The Morgan fingerprint density at radius 3 is 1.90 bits per heavy atom. The van der Waals surface area contributed by atoms with Gasteiger partial charge < -0.3 is 0 Å². The van der Waals surface area contributed by atoms with E-state index in [0.717, 1.165) is 33.1 Å². The molecule has 0 amide bonds. The first-order valence-electron chi connectivity index (χ1n) is 16.5. The third-order valence-electron chi connectivity index (χ3n) is 10.6. The topological polar surface area (TPSA) is 30.2 Å². The Morgan fingerprint density at radius 2 is 1.10 bits per heavy atom. The summed E-state index contributed by atoms with van der Waals surface area (Å²) >= 11 is 0. The van der Waals surface area contributed by atoms with Gasteiger partial charge in [-0.1, -0.05) is 133 Å². The van der Waals surface area contributed by atoms with E-state index in [2.05, 4.69) is 144 Å². The monoisotopic (exact) mass is 609 g/mol. The van der Waals surface area contributed by atoms with E-state index in [4.69, 9.17) is 9.97 Å². The van der Waals surface area contributed by atoms with E-state index in [1.54, 1.807) is 0 Å². The molecule has 0 atom stereocenters. The van der Waals surface area contributed by atoms with Crippen molar-refractivity contribution in [3.8, 4) is 22.3 Å². The van der Waals surface area contributed by atoms with E-state index in [-0.39, 0.29) is 0 Å². The second-order valence-corrected chi connectivity index (χ2v) is 12.9. The molecule has 3 heteroatoms. The highest BCUT2D eigenvalue weighted by atomic mass is 15.0. The number of nitrogens with zero attached hydrogens (tertiary/aromatic N) is 3. The van der Waals surface area contributed by atoms with Gasteiger partial charge in [-0.25, -0.2) is 9.97 Å². The molecule has 48 heavy (non-hydrogen) atoms. The first kappa shape index (κ1) is 25.8. The summed E-state index contributed by atoms with van der Waals surface area (Å²) in [6.45, 7) is 0. The molecule has 0 saturated heterocycles. The van der Waals surface area contributed by atoms with Crippen molar-refractivity contribution in [1.82, 2.24) is 14.4 Å². The largest absolute Gasteiger partial charge is 0.291 e. The van der Waals surface area contributed by atoms with Crippen LogP contribution in [0.15, 0.2) is 164 Å². The number of hydrogen-bond acceptors (Lipinski definition) is 2. The molecule has 3 heterocycles. The Hall–Kier alpha value is -6.32. The standard InChI is InChI=1S/C45H27N3/c1-3-13-29(14-4-1)45(30-15-5-2-6-16-30)36-19-9-7-17-32(36)35-27-28(23-26-37(35)45)31-24-25-34-42-44(47-39-21-11-10-20-38(39)46-42)48-40-22-12-8-18-33(40)41(31)43(34)48/h1-27H. The molecule has 0 bridgehead atoms. The van der Waals surface area contributed by atoms with Crippen molar-refractivity contribution in [3.05, 3.63) is 186 Å². The molecule has 0 fully saturated rings. The molecule has 0 aliphatic heterocycles. The van der Waals surface area contributed by atoms with Gasteiger partial charge in [0.1, 0.15) is 5.52 Å². The van der Waals surface area contributed by atoms with E-state index in [0.29, 0.717) is 0 Å². The minimum Gasteiger partial charge on any atom is -0.291 e. The Labute approximate surface area is 276 Å². The molecule has 222 valence electrons. The maximum atomic E-state index is 5.17. The zero-order chi connectivity index (χ0) is 31.4. The molecular weight excluding hydrogens is 583 g/mol. The molecule has 0 saturated carbocycles. The Balaban J connectivity index is 1.23. The van der Waals surface area contributed by atoms with Crippen molar-refractivity contribution < 1.29 is 0 Å². The van der Waals surface area contributed by atoms with E-state index < -0.39 is 5.41 Å². The minimum atomic E-state index is -0.411. The maximum Gasteiger partial charge on any atom is 0.165 e. The van der Waals surface area contributed by atoms with Crippen LogP contribution in [0.1, 0.15) is 22.3 Å². The summed E-state index contributed by atoms with van der Waals surface area (Å²) in [6.07, 6.45) is 0. The highest BCUT2D eigenvalue weighted by Gasteiger charge is 2.46. The van der Waals surface area contributed by atoms with Gasteiger partial charge in [0.25, 0.3) is 0 Å². The fraction of sp³-hybridized carbons (Fsp3) is 0.0222. The molecule has 7 aromatic carbocycles. The molecule has 3 nitrogen and oxygen atoms in total. The van der Waals surface area contributed by atoms with Gasteiger partial charge in [-0.3, -0.25) is 4.40 Å². The van der Waals surface area contributed by atoms with Gasteiger partial charge in [0, 0.05) is 16.2 Å². The quantitative estimate of drug-likeness (QED) is 0.199. The lowest BCUT2D eigenvalue weighted by atomic mass is 9.67. The minimum absolute atomic E-state index is 0.411. The average Bonchev–Trinajstić information content (AvgIpc) is 3.78. The normalized spacial score (nSPS) is 13.6. The second-order valence-electron chi connectivity index (χ2n) is 12.9. The van der Waals surface area contributed by atoms with Crippen LogP contribution in [0, 0.1) is 0 Å². The van der Waals surface area contributed by atoms with Gasteiger partial charge in [0.2, 0.25) is 0 Å². The van der Waals surface area contributed by atoms with Gasteiger partial charge in [0.05, 0.1) is 27.5 Å². The molecule has 0 N–H and O–H groups in total. The summed E-state index contributed by atoms with van der Waals surface area (Å²) in [6, 6.07) is 59.5. The van der Waals surface area contributed by atoms with Crippen LogP contribution in [0.3, 0.4) is 0 Å². The fourth-order valence-corrected chi connectivity index (χ4v) is 8.69. The van der Waals surface area contributed by atoms with Gasteiger partial charge in [-0.05, 0) is 74.8 Å². The highest BCUT2D eigenvalue weighted by Crippen LogP contribution is 2.57. The summed E-state index contributed by atoms with van der Waals surface area (Å²) in [7, 11) is 0. The van der Waals surface area contributed by atoms with Crippen molar-refractivity contribution in [1.29, 1.82) is 0 Å². The molecule has 0 unspecified atom stereocenters. The zero-order valence-electron chi connectivity index (χ0n) is 25.9. The van der Waals surface area contributed by atoms with Crippen LogP contribution in [0.4, 0.5) is 0 Å². The molecule has 1 aliphatic carbocycles. The molecule has 1 aliphatic rings. The summed E-state index contributed by atoms with van der Waals surface area (Å²) in [5, 5.41) is 3.61. The van der Waals surface area contributed by atoms with Crippen LogP contribution in [-0.2, 0) is 5.41 Å². The van der Waals surface area contributed by atoms with Crippen molar-refractivity contribution in [2.45, 2.75) is 5.41 Å². The second kappa shape index (κ2) is 9.37. The van der Waals surface area contributed by atoms with Crippen molar-refractivity contribution in [3.63, 3.8) is 0 Å². The highest BCUT2D eigenvalue weighted by molar-refractivity contribution is 6.26. The van der Waals surface area contributed by atoms with Crippen LogP contribution in [-0.4, -0.2) is 14.4 Å². The zero-order valence-corrected chi connectivity index (χ0v) is 25.9. The molecule has 0 spiro atoms. The molecule has 3 aromatic heterocycles. The first-order valence-corrected chi connectivity index (χ1v) is 16.5. The van der Waals surface area contributed by atoms with E-state index in [9.17, 15) is 0 Å². The lowest BCUT2D eigenvalue weighted by Gasteiger charge is -2.33. The lowest BCUT2D eigenvalue weighted by Crippen LogP contribution is -2.28. The predicted octanol–water partition coefficient (Wildman–Crippen LogP) is 10.8. The van der Waals surface area contributed by atoms with E-state index >= 15 is 0 Å². The van der Waals surface area contributed by atoms with Crippen LogP contribution in [0.2, 0.25) is 0 Å². The fourth-order valence-electron chi connectivity index (χ4n) is 8.69. The number of para-hydroxylation sites is 3. The van der Waals surface area contributed by atoms with Gasteiger partial charge in [0.15, 0.2) is 5.65 Å². The van der Waals surface area contributed by atoms with Gasteiger partial charge >= 0.3 is 0 Å². The Kier molecular flexibility index (Phi) is 5.04. The third-order valence-corrected chi connectivity index (χ3v) is 10.6. The number of benzene rings is 7. The average molecular weight is 610 g/mol. The molecule has 11 rings (SSSR count). The van der Waals surface area contributed by atoms with E-state index in [1.807, 2.05) is 24.3 Å². The van der Waals surface area contributed by atoms with Crippen LogP contribution >= 0.6 is 0 Å². The summed E-state index contributed by atoms with van der Waals surface area (Å²) in [4.78, 5) is 10.3. The van der Waals surface area contributed by atoms with Crippen LogP contribution in [0.25, 0.3) is 71.6 Å². The number of aromatic nitrogens is 3. The van der Waals surface area contributed by atoms with Gasteiger partial charge in [-0.15, -0.1) is 0 Å².